The van der Waals surface area contributed by atoms with Gasteiger partial charge in [0.25, 0.3) is 11.6 Å². The summed E-state index contributed by atoms with van der Waals surface area (Å²) >= 11 is 0. The molecule has 0 unspecified atom stereocenters. The summed E-state index contributed by atoms with van der Waals surface area (Å²) in [5.74, 6) is -0.236. The van der Waals surface area contributed by atoms with E-state index in [-0.39, 0.29) is 11.6 Å². The number of nitrogens with zero attached hydrogens (tertiary/aromatic N) is 2. The fourth-order valence-corrected chi connectivity index (χ4v) is 2.65. The minimum atomic E-state index is -0.787. The molecule has 1 aromatic carbocycles. The predicted molar refractivity (Wildman–Crippen MR) is 73.5 cm³/mol. The Morgan fingerprint density at radius 2 is 1.90 bits per heavy atom. The van der Waals surface area contributed by atoms with Crippen molar-refractivity contribution >= 4 is 11.6 Å². The molecule has 1 saturated carbocycles. The van der Waals surface area contributed by atoms with Crippen molar-refractivity contribution in [1.29, 1.82) is 0 Å². The van der Waals surface area contributed by atoms with Crippen molar-refractivity contribution in [2.75, 3.05) is 13.6 Å². The van der Waals surface area contributed by atoms with Gasteiger partial charge in [-0.05, 0) is 25.0 Å². The molecule has 1 aliphatic carbocycles. The van der Waals surface area contributed by atoms with Crippen molar-refractivity contribution in [2.24, 2.45) is 0 Å². The van der Waals surface area contributed by atoms with Crippen molar-refractivity contribution < 1.29 is 14.8 Å². The zero-order valence-corrected chi connectivity index (χ0v) is 11.4. The van der Waals surface area contributed by atoms with Crippen LogP contribution in [0.4, 0.5) is 5.69 Å². The number of amides is 1. The van der Waals surface area contributed by atoms with Crippen molar-refractivity contribution in [3.63, 3.8) is 0 Å². The Hall–Kier alpha value is -1.95. The number of nitro benzene ring substituents is 1. The van der Waals surface area contributed by atoms with Gasteiger partial charge < -0.3 is 10.0 Å². The van der Waals surface area contributed by atoms with Gasteiger partial charge in [-0.1, -0.05) is 12.8 Å². The molecule has 0 atom stereocenters. The van der Waals surface area contributed by atoms with Gasteiger partial charge in [-0.3, -0.25) is 14.9 Å². The molecule has 108 valence electrons. The van der Waals surface area contributed by atoms with E-state index in [1.165, 1.54) is 29.2 Å². The first-order valence-electron chi connectivity index (χ1n) is 6.64. The molecule has 0 aliphatic heterocycles. The molecule has 0 spiro atoms. The van der Waals surface area contributed by atoms with Crippen LogP contribution in [0.2, 0.25) is 0 Å². The number of non-ortho nitro benzene ring substituents is 1. The maximum Gasteiger partial charge on any atom is 0.269 e. The summed E-state index contributed by atoms with van der Waals surface area (Å²) < 4.78 is 0. The molecule has 1 fully saturated rings. The summed E-state index contributed by atoms with van der Waals surface area (Å²) in [5.41, 5.74) is -0.441. The highest BCUT2D eigenvalue weighted by Crippen LogP contribution is 2.30. The Labute approximate surface area is 117 Å². The Kier molecular flexibility index (Phi) is 4.04. The van der Waals surface area contributed by atoms with Gasteiger partial charge >= 0.3 is 0 Å². The van der Waals surface area contributed by atoms with E-state index >= 15 is 0 Å². The van der Waals surface area contributed by atoms with Gasteiger partial charge in [0.05, 0.1) is 10.5 Å². The van der Waals surface area contributed by atoms with E-state index in [4.69, 9.17) is 0 Å². The minimum Gasteiger partial charge on any atom is -0.388 e. The number of carbonyl (C=O) groups is 1. The standard InChI is InChI=1S/C14H18N2O4/c1-15(10-14(18)8-2-3-9-14)13(17)11-4-6-12(7-5-11)16(19)20/h4-7,18H,2-3,8-10H2,1H3. The van der Waals surface area contributed by atoms with E-state index in [2.05, 4.69) is 0 Å². The first kappa shape index (κ1) is 14.5. The second-order valence-electron chi connectivity index (χ2n) is 5.40. The molecule has 1 aromatic rings. The fourth-order valence-electron chi connectivity index (χ4n) is 2.65. The lowest BCUT2D eigenvalue weighted by molar-refractivity contribution is -0.384. The smallest absolute Gasteiger partial charge is 0.269 e. The molecule has 6 heteroatoms. The Morgan fingerprint density at radius 3 is 2.40 bits per heavy atom. The molecule has 1 N–H and O–H groups in total. The van der Waals surface area contributed by atoms with Crippen LogP contribution < -0.4 is 0 Å². The highest BCUT2D eigenvalue weighted by molar-refractivity contribution is 5.94. The topological polar surface area (TPSA) is 83.7 Å². The normalized spacial score (nSPS) is 16.9. The summed E-state index contributed by atoms with van der Waals surface area (Å²) in [4.78, 5) is 23.7. The second kappa shape index (κ2) is 5.58. The van der Waals surface area contributed by atoms with Crippen LogP contribution in [0.1, 0.15) is 36.0 Å². The van der Waals surface area contributed by atoms with Gasteiger partial charge in [-0.25, -0.2) is 0 Å². The number of carbonyl (C=O) groups excluding carboxylic acids is 1. The van der Waals surface area contributed by atoms with Crippen LogP contribution in [-0.2, 0) is 0 Å². The van der Waals surface area contributed by atoms with E-state index in [0.29, 0.717) is 24.9 Å². The Morgan fingerprint density at radius 1 is 1.35 bits per heavy atom. The van der Waals surface area contributed by atoms with Crippen LogP contribution in [0, 0.1) is 10.1 Å². The van der Waals surface area contributed by atoms with Gasteiger partial charge in [0.2, 0.25) is 0 Å². The van der Waals surface area contributed by atoms with E-state index in [0.717, 1.165) is 12.8 Å². The summed E-state index contributed by atoms with van der Waals surface area (Å²) in [5, 5.41) is 20.9. The summed E-state index contributed by atoms with van der Waals surface area (Å²) in [6.07, 6.45) is 3.39. The maximum atomic E-state index is 12.2. The fraction of sp³-hybridized carbons (Fsp3) is 0.500. The van der Waals surface area contributed by atoms with Gasteiger partial charge in [0, 0.05) is 31.3 Å². The molecule has 0 aromatic heterocycles. The summed E-state index contributed by atoms with van der Waals surface area (Å²) in [6, 6.07) is 5.50. The van der Waals surface area contributed by atoms with Gasteiger partial charge in [-0.2, -0.15) is 0 Å². The molecular formula is C14H18N2O4. The van der Waals surface area contributed by atoms with Crippen LogP contribution in [0.15, 0.2) is 24.3 Å². The largest absolute Gasteiger partial charge is 0.388 e. The summed E-state index contributed by atoms with van der Waals surface area (Å²) in [6.45, 7) is 0.294. The molecule has 20 heavy (non-hydrogen) atoms. The number of likely N-dealkylation sites (N-methyl/N-ethyl adjacent to an activating group) is 1. The van der Waals surface area contributed by atoms with E-state index < -0.39 is 10.5 Å². The molecular weight excluding hydrogens is 260 g/mol. The van der Waals surface area contributed by atoms with E-state index in [1.54, 1.807) is 7.05 Å². The average molecular weight is 278 g/mol. The van der Waals surface area contributed by atoms with E-state index in [9.17, 15) is 20.0 Å². The SMILES string of the molecule is CN(CC1(O)CCCC1)C(=O)c1ccc([N+](=O)[O-])cc1. The number of nitro groups is 1. The van der Waals surface area contributed by atoms with Crippen molar-refractivity contribution in [1.82, 2.24) is 4.90 Å². The minimum absolute atomic E-state index is 0.0429. The van der Waals surface area contributed by atoms with Crippen LogP contribution in [0.5, 0.6) is 0 Å². The Bertz CT molecular complexity index is 506. The number of benzene rings is 1. The molecule has 0 radical (unpaired) electrons. The number of aliphatic hydroxyl groups is 1. The molecule has 0 bridgehead atoms. The zero-order valence-electron chi connectivity index (χ0n) is 11.4. The lowest BCUT2D eigenvalue weighted by atomic mass is 10.0. The average Bonchev–Trinajstić information content (AvgIpc) is 2.84. The zero-order chi connectivity index (χ0) is 14.8. The molecule has 1 aliphatic rings. The van der Waals surface area contributed by atoms with Gasteiger partial charge in [0.1, 0.15) is 0 Å². The van der Waals surface area contributed by atoms with E-state index in [1.807, 2.05) is 0 Å². The highest BCUT2D eigenvalue weighted by Gasteiger charge is 2.33. The highest BCUT2D eigenvalue weighted by atomic mass is 16.6. The number of rotatable bonds is 4. The maximum absolute atomic E-state index is 12.2. The first-order valence-corrected chi connectivity index (χ1v) is 6.64. The van der Waals surface area contributed by atoms with Gasteiger partial charge in [0.15, 0.2) is 0 Å². The Balaban J connectivity index is 2.04. The number of hydrogen-bond acceptors (Lipinski definition) is 4. The van der Waals surface area contributed by atoms with Crippen LogP contribution >= 0.6 is 0 Å². The molecule has 1 amide bonds. The summed E-state index contributed by atoms with van der Waals surface area (Å²) in [7, 11) is 1.64. The molecule has 0 saturated heterocycles. The van der Waals surface area contributed by atoms with Crippen LogP contribution in [0.3, 0.4) is 0 Å². The lowest BCUT2D eigenvalue weighted by Gasteiger charge is -2.28. The van der Waals surface area contributed by atoms with Gasteiger partial charge in [-0.15, -0.1) is 0 Å². The third-order valence-corrected chi connectivity index (χ3v) is 3.74. The van der Waals surface area contributed by atoms with Crippen LogP contribution in [-0.4, -0.2) is 40.0 Å². The quantitative estimate of drug-likeness (QED) is 0.674. The number of hydrogen-bond donors (Lipinski definition) is 1. The molecule has 6 nitrogen and oxygen atoms in total. The van der Waals surface area contributed by atoms with Crippen molar-refractivity contribution in [3.05, 3.63) is 39.9 Å². The second-order valence-corrected chi connectivity index (χ2v) is 5.40. The van der Waals surface area contributed by atoms with Crippen molar-refractivity contribution in [2.45, 2.75) is 31.3 Å². The third kappa shape index (κ3) is 3.14. The predicted octanol–water partition coefficient (Wildman–Crippen LogP) is 1.97. The molecule has 2 rings (SSSR count). The third-order valence-electron chi connectivity index (χ3n) is 3.74. The molecule has 0 heterocycles. The van der Waals surface area contributed by atoms with Crippen LogP contribution in [0.25, 0.3) is 0 Å². The van der Waals surface area contributed by atoms with Crippen molar-refractivity contribution in [3.8, 4) is 0 Å². The first-order chi connectivity index (χ1) is 9.41. The lowest BCUT2D eigenvalue weighted by Crippen LogP contribution is -2.42. The monoisotopic (exact) mass is 278 g/mol.